The minimum atomic E-state index is -0.970. The number of hydroxylamine groups is 4. The molecule has 0 amide bonds. The van der Waals surface area contributed by atoms with E-state index in [1.165, 1.54) is 10.1 Å². The van der Waals surface area contributed by atoms with E-state index in [0.717, 1.165) is 36.8 Å². The molecule has 0 unspecified atom stereocenters. The summed E-state index contributed by atoms with van der Waals surface area (Å²) in [5.41, 5.74) is 2.27. The Hall–Kier alpha value is -1.66. The summed E-state index contributed by atoms with van der Waals surface area (Å²) in [7, 11) is 0. The van der Waals surface area contributed by atoms with E-state index in [1.54, 1.807) is 0 Å². The van der Waals surface area contributed by atoms with Gasteiger partial charge in [0.15, 0.2) is 0 Å². The van der Waals surface area contributed by atoms with Crippen LogP contribution in [0.3, 0.4) is 0 Å². The molecule has 110 valence electrons. The topological polar surface area (TPSA) is 59.1 Å². The van der Waals surface area contributed by atoms with Crippen LogP contribution in [-0.2, 0) is 19.3 Å². The van der Waals surface area contributed by atoms with Gasteiger partial charge in [0, 0.05) is 26.2 Å². The second-order valence-electron chi connectivity index (χ2n) is 5.12. The fraction of sp³-hybridized carbons (Fsp3) is 0.571. The predicted molar refractivity (Wildman–Crippen MR) is 72.1 cm³/mol. The molecule has 2 aliphatic rings. The summed E-state index contributed by atoms with van der Waals surface area (Å²) in [5, 5.41) is 2.96. The average Bonchev–Trinajstić information content (AvgIpc) is 2.44. The van der Waals surface area contributed by atoms with Crippen molar-refractivity contribution < 1.29 is 19.3 Å². The molecular weight excluding hydrogens is 260 g/mol. The first kappa shape index (κ1) is 14.7. The lowest BCUT2D eigenvalue weighted by Gasteiger charge is -2.27. The van der Waals surface area contributed by atoms with E-state index >= 15 is 0 Å². The second-order valence-corrected chi connectivity index (χ2v) is 5.12. The molecule has 0 aromatic heterocycles. The maximum absolute atomic E-state index is 11.6. The van der Waals surface area contributed by atoms with Gasteiger partial charge in [-0.1, -0.05) is 24.3 Å². The van der Waals surface area contributed by atoms with E-state index in [-0.39, 0.29) is 0 Å². The molecule has 0 radical (unpaired) electrons. The van der Waals surface area contributed by atoms with Gasteiger partial charge >= 0.3 is 11.9 Å². The Bertz CT molecular complexity index is 373. The SMILES string of the molecule is C=C1CCN(OC(=O)C(=O)ON2CCC(=C)CC2)CC1. The molecule has 0 spiro atoms. The number of carbonyl (C=O) groups excluding carboxylic acids is 2. The number of nitrogens with zero attached hydrogens (tertiary/aromatic N) is 2. The van der Waals surface area contributed by atoms with Crippen LogP contribution in [0.15, 0.2) is 24.3 Å². The quantitative estimate of drug-likeness (QED) is 0.560. The van der Waals surface area contributed by atoms with Crippen molar-refractivity contribution in [2.75, 3.05) is 26.2 Å². The Morgan fingerprint density at radius 2 is 1.05 bits per heavy atom. The van der Waals surface area contributed by atoms with Gasteiger partial charge in [-0.3, -0.25) is 0 Å². The van der Waals surface area contributed by atoms with Gasteiger partial charge in [0.05, 0.1) is 0 Å². The van der Waals surface area contributed by atoms with Crippen LogP contribution in [-0.4, -0.2) is 48.2 Å². The number of hydrogen-bond acceptors (Lipinski definition) is 6. The van der Waals surface area contributed by atoms with Crippen LogP contribution in [0.1, 0.15) is 25.7 Å². The molecule has 0 aliphatic carbocycles. The van der Waals surface area contributed by atoms with Gasteiger partial charge in [0.2, 0.25) is 0 Å². The highest BCUT2D eigenvalue weighted by atomic mass is 16.8. The second kappa shape index (κ2) is 6.67. The first-order valence-electron chi connectivity index (χ1n) is 6.82. The van der Waals surface area contributed by atoms with Crippen molar-refractivity contribution >= 4 is 11.9 Å². The van der Waals surface area contributed by atoms with Crippen LogP contribution in [0, 0.1) is 0 Å². The normalized spacial score (nSPS) is 21.6. The Morgan fingerprint density at radius 3 is 1.35 bits per heavy atom. The maximum Gasteiger partial charge on any atom is 0.438 e. The third kappa shape index (κ3) is 4.18. The molecule has 6 nitrogen and oxygen atoms in total. The molecule has 20 heavy (non-hydrogen) atoms. The van der Waals surface area contributed by atoms with Crippen molar-refractivity contribution in [2.45, 2.75) is 25.7 Å². The molecular formula is C14H20N2O4. The van der Waals surface area contributed by atoms with Crippen LogP contribution in [0.4, 0.5) is 0 Å². The van der Waals surface area contributed by atoms with Gasteiger partial charge < -0.3 is 9.68 Å². The van der Waals surface area contributed by atoms with Crippen molar-refractivity contribution in [2.24, 2.45) is 0 Å². The van der Waals surface area contributed by atoms with E-state index < -0.39 is 11.9 Å². The highest BCUT2D eigenvalue weighted by Crippen LogP contribution is 2.15. The Labute approximate surface area is 118 Å². The molecule has 0 saturated carbocycles. The summed E-state index contributed by atoms with van der Waals surface area (Å²) >= 11 is 0. The summed E-state index contributed by atoms with van der Waals surface area (Å²) in [5.74, 6) is -1.94. The largest absolute Gasteiger partial charge is 0.438 e. The zero-order valence-electron chi connectivity index (χ0n) is 11.6. The van der Waals surface area contributed by atoms with Gasteiger partial charge in [0.1, 0.15) is 0 Å². The molecule has 0 atom stereocenters. The molecule has 2 saturated heterocycles. The van der Waals surface area contributed by atoms with Crippen LogP contribution < -0.4 is 0 Å². The van der Waals surface area contributed by atoms with Crippen molar-refractivity contribution in [3.8, 4) is 0 Å². The summed E-state index contributed by atoms with van der Waals surface area (Å²) < 4.78 is 0. The highest BCUT2D eigenvalue weighted by molar-refractivity contribution is 6.29. The van der Waals surface area contributed by atoms with Crippen molar-refractivity contribution in [1.82, 2.24) is 10.1 Å². The highest BCUT2D eigenvalue weighted by Gasteiger charge is 2.26. The van der Waals surface area contributed by atoms with Gasteiger partial charge in [-0.15, -0.1) is 10.1 Å². The fourth-order valence-corrected chi connectivity index (χ4v) is 2.10. The van der Waals surface area contributed by atoms with E-state index in [2.05, 4.69) is 13.2 Å². The zero-order valence-corrected chi connectivity index (χ0v) is 11.6. The average molecular weight is 280 g/mol. The van der Waals surface area contributed by atoms with Crippen LogP contribution in [0.2, 0.25) is 0 Å². The molecule has 2 aliphatic heterocycles. The predicted octanol–water partition coefficient (Wildman–Crippen LogP) is 1.21. The third-order valence-corrected chi connectivity index (χ3v) is 3.45. The third-order valence-electron chi connectivity index (χ3n) is 3.45. The Kier molecular flexibility index (Phi) is 4.92. The lowest BCUT2D eigenvalue weighted by atomic mass is 10.1. The smallest absolute Gasteiger partial charge is 0.359 e. The molecule has 2 fully saturated rings. The minimum Gasteiger partial charge on any atom is -0.359 e. The number of piperidine rings is 2. The van der Waals surface area contributed by atoms with E-state index in [9.17, 15) is 9.59 Å². The van der Waals surface area contributed by atoms with Crippen LogP contribution >= 0.6 is 0 Å². The van der Waals surface area contributed by atoms with Crippen molar-refractivity contribution in [3.05, 3.63) is 24.3 Å². The standard InChI is InChI=1S/C14H20N2O4/c1-11-3-7-15(8-4-11)19-13(17)14(18)20-16-9-5-12(2)6-10-16/h1-10H2. The summed E-state index contributed by atoms with van der Waals surface area (Å²) in [6.07, 6.45) is 3.10. The zero-order chi connectivity index (χ0) is 14.5. The van der Waals surface area contributed by atoms with Crippen LogP contribution in [0.25, 0.3) is 0 Å². The molecule has 0 bridgehead atoms. The molecule has 6 heteroatoms. The Morgan fingerprint density at radius 1 is 0.750 bits per heavy atom. The van der Waals surface area contributed by atoms with Crippen molar-refractivity contribution in [3.63, 3.8) is 0 Å². The summed E-state index contributed by atoms with van der Waals surface area (Å²) in [6.45, 7) is 10.0. The van der Waals surface area contributed by atoms with Gasteiger partial charge in [0.25, 0.3) is 0 Å². The molecule has 0 aromatic carbocycles. The van der Waals surface area contributed by atoms with Crippen LogP contribution in [0.5, 0.6) is 0 Å². The maximum atomic E-state index is 11.6. The van der Waals surface area contributed by atoms with E-state index in [4.69, 9.17) is 9.68 Å². The molecule has 0 aromatic rings. The summed E-state index contributed by atoms with van der Waals surface area (Å²) in [6, 6.07) is 0. The Balaban J connectivity index is 1.73. The number of hydrogen-bond donors (Lipinski definition) is 0. The number of rotatable bonds is 2. The lowest BCUT2D eigenvalue weighted by Crippen LogP contribution is -2.39. The minimum absolute atomic E-state index is 0.571. The first-order valence-corrected chi connectivity index (χ1v) is 6.82. The molecule has 0 N–H and O–H groups in total. The monoisotopic (exact) mass is 280 g/mol. The molecule has 2 heterocycles. The van der Waals surface area contributed by atoms with Gasteiger partial charge in [-0.25, -0.2) is 9.59 Å². The number of carbonyl (C=O) groups is 2. The summed E-state index contributed by atoms with van der Waals surface area (Å²) in [4.78, 5) is 33.2. The first-order chi connectivity index (χ1) is 9.54. The lowest BCUT2D eigenvalue weighted by molar-refractivity contribution is -0.220. The molecule has 2 rings (SSSR count). The van der Waals surface area contributed by atoms with E-state index in [1.807, 2.05) is 0 Å². The van der Waals surface area contributed by atoms with Gasteiger partial charge in [-0.05, 0) is 25.7 Å². The van der Waals surface area contributed by atoms with Gasteiger partial charge in [-0.2, -0.15) is 0 Å². The fourth-order valence-electron chi connectivity index (χ4n) is 2.10. The van der Waals surface area contributed by atoms with E-state index in [0.29, 0.717) is 26.2 Å². The van der Waals surface area contributed by atoms with Crippen molar-refractivity contribution in [1.29, 1.82) is 0 Å².